The number of aromatic nitrogens is 2. The maximum Gasteiger partial charge on any atom is 0.228 e. The van der Waals surface area contributed by atoms with Crippen LogP contribution in [0.1, 0.15) is 26.5 Å². The first-order chi connectivity index (χ1) is 12.3. The van der Waals surface area contributed by atoms with Crippen LogP contribution < -0.4 is 10.2 Å². The number of hydrogen-bond donors (Lipinski definition) is 1. The molecule has 6 nitrogen and oxygen atoms in total. The Morgan fingerprint density at radius 1 is 1.04 bits per heavy atom. The largest absolute Gasteiger partial charge is 0.340 e. The van der Waals surface area contributed by atoms with E-state index in [-0.39, 0.29) is 11.3 Å². The Morgan fingerprint density at radius 3 is 2.31 bits per heavy atom. The minimum absolute atomic E-state index is 0.203. The van der Waals surface area contributed by atoms with E-state index in [1.807, 2.05) is 69.0 Å². The Hall–Kier alpha value is -2.63. The SMILES string of the molecule is Cc1cc(Nc2ccccc2)nc(N2CCN(C(=O)C(C)(C)C)CC2)n1. The van der Waals surface area contributed by atoms with Crippen LogP contribution in [0.2, 0.25) is 0 Å². The third-order valence-corrected chi connectivity index (χ3v) is 4.38. The molecule has 0 bridgehead atoms. The number of rotatable bonds is 3. The lowest BCUT2D eigenvalue weighted by atomic mass is 9.94. The van der Waals surface area contributed by atoms with Gasteiger partial charge in [-0.3, -0.25) is 4.79 Å². The summed E-state index contributed by atoms with van der Waals surface area (Å²) in [6.07, 6.45) is 0. The number of aryl methyl sites for hydroxylation is 1. The molecule has 1 amide bonds. The first kappa shape index (κ1) is 18.2. The Bertz CT molecular complexity index is 762. The molecule has 1 aromatic heterocycles. The molecule has 2 heterocycles. The Labute approximate surface area is 155 Å². The number of amides is 1. The average Bonchev–Trinajstić information content (AvgIpc) is 2.61. The third-order valence-electron chi connectivity index (χ3n) is 4.38. The van der Waals surface area contributed by atoms with E-state index in [2.05, 4.69) is 20.2 Å². The summed E-state index contributed by atoms with van der Waals surface area (Å²) in [5.41, 5.74) is 1.58. The molecule has 0 unspecified atom stereocenters. The van der Waals surface area contributed by atoms with Gasteiger partial charge in [-0.15, -0.1) is 0 Å². The van der Waals surface area contributed by atoms with Gasteiger partial charge in [0.2, 0.25) is 11.9 Å². The molecule has 1 aromatic carbocycles. The highest BCUT2D eigenvalue weighted by atomic mass is 16.2. The molecular weight excluding hydrogens is 326 g/mol. The van der Waals surface area contributed by atoms with Crippen molar-refractivity contribution in [1.29, 1.82) is 0 Å². The van der Waals surface area contributed by atoms with Crippen LogP contribution in [0.3, 0.4) is 0 Å². The number of carbonyl (C=O) groups excluding carboxylic acids is 1. The predicted molar refractivity (Wildman–Crippen MR) is 105 cm³/mol. The molecule has 0 aliphatic carbocycles. The summed E-state index contributed by atoms with van der Waals surface area (Å²) in [5.74, 6) is 1.70. The van der Waals surface area contributed by atoms with Crippen molar-refractivity contribution in [3.05, 3.63) is 42.1 Å². The van der Waals surface area contributed by atoms with Crippen LogP contribution in [0.25, 0.3) is 0 Å². The van der Waals surface area contributed by atoms with Crippen LogP contribution in [0.4, 0.5) is 17.5 Å². The molecule has 0 saturated carbocycles. The minimum atomic E-state index is -0.339. The molecule has 26 heavy (non-hydrogen) atoms. The monoisotopic (exact) mass is 353 g/mol. The second-order valence-corrected chi connectivity index (χ2v) is 7.71. The van der Waals surface area contributed by atoms with Gasteiger partial charge in [-0.05, 0) is 19.1 Å². The fourth-order valence-corrected chi connectivity index (χ4v) is 3.01. The zero-order valence-corrected chi connectivity index (χ0v) is 16.0. The van der Waals surface area contributed by atoms with Crippen molar-refractivity contribution >= 4 is 23.4 Å². The number of nitrogens with one attached hydrogen (secondary N) is 1. The molecule has 2 aromatic rings. The van der Waals surface area contributed by atoms with E-state index in [0.29, 0.717) is 19.0 Å². The molecule has 1 N–H and O–H groups in total. The zero-order valence-electron chi connectivity index (χ0n) is 16.0. The molecule has 0 atom stereocenters. The van der Waals surface area contributed by atoms with Crippen LogP contribution in [-0.4, -0.2) is 47.0 Å². The summed E-state index contributed by atoms with van der Waals surface area (Å²) >= 11 is 0. The van der Waals surface area contributed by atoms with Crippen molar-refractivity contribution < 1.29 is 4.79 Å². The highest BCUT2D eigenvalue weighted by Gasteiger charge is 2.30. The predicted octanol–water partition coefficient (Wildman–Crippen LogP) is 3.22. The molecular formula is C20H27N5O. The zero-order chi connectivity index (χ0) is 18.7. The molecule has 138 valence electrons. The van der Waals surface area contributed by atoms with Crippen molar-refractivity contribution in [2.75, 3.05) is 36.4 Å². The van der Waals surface area contributed by atoms with Crippen LogP contribution in [-0.2, 0) is 4.79 Å². The summed E-state index contributed by atoms with van der Waals surface area (Å²) in [6, 6.07) is 11.9. The van der Waals surface area contributed by atoms with E-state index >= 15 is 0 Å². The number of hydrogen-bond acceptors (Lipinski definition) is 5. The molecule has 1 aliphatic rings. The molecule has 0 radical (unpaired) electrons. The smallest absolute Gasteiger partial charge is 0.228 e. The normalized spacial score (nSPS) is 15.1. The lowest BCUT2D eigenvalue weighted by Gasteiger charge is -2.37. The third kappa shape index (κ3) is 4.31. The van der Waals surface area contributed by atoms with Crippen LogP contribution in [0, 0.1) is 12.3 Å². The summed E-state index contributed by atoms with van der Waals surface area (Å²) in [7, 11) is 0. The van der Waals surface area contributed by atoms with Gasteiger partial charge in [0, 0.05) is 49.0 Å². The van der Waals surface area contributed by atoms with Gasteiger partial charge in [0.1, 0.15) is 5.82 Å². The van der Waals surface area contributed by atoms with Crippen molar-refractivity contribution in [2.45, 2.75) is 27.7 Å². The maximum absolute atomic E-state index is 12.4. The highest BCUT2D eigenvalue weighted by molar-refractivity contribution is 5.81. The summed E-state index contributed by atoms with van der Waals surface area (Å²) < 4.78 is 0. The van der Waals surface area contributed by atoms with Crippen molar-refractivity contribution in [2.24, 2.45) is 5.41 Å². The first-order valence-electron chi connectivity index (χ1n) is 9.05. The highest BCUT2D eigenvalue weighted by Crippen LogP contribution is 2.22. The number of anilines is 3. The van der Waals surface area contributed by atoms with Gasteiger partial charge in [-0.25, -0.2) is 4.98 Å². The van der Waals surface area contributed by atoms with Crippen molar-refractivity contribution in [3.63, 3.8) is 0 Å². The molecule has 1 fully saturated rings. The van der Waals surface area contributed by atoms with Gasteiger partial charge in [0.15, 0.2) is 0 Å². The first-order valence-corrected chi connectivity index (χ1v) is 9.05. The number of benzene rings is 1. The topological polar surface area (TPSA) is 61.4 Å². The summed E-state index contributed by atoms with van der Waals surface area (Å²) in [4.78, 5) is 25.8. The van der Waals surface area contributed by atoms with Crippen molar-refractivity contribution in [1.82, 2.24) is 14.9 Å². The number of para-hydroxylation sites is 1. The van der Waals surface area contributed by atoms with Gasteiger partial charge in [-0.2, -0.15) is 4.98 Å². The van der Waals surface area contributed by atoms with Gasteiger partial charge in [0.05, 0.1) is 0 Å². The van der Waals surface area contributed by atoms with Crippen LogP contribution in [0.15, 0.2) is 36.4 Å². The quantitative estimate of drug-likeness (QED) is 0.918. The molecule has 3 rings (SSSR count). The second kappa shape index (κ2) is 7.32. The van der Waals surface area contributed by atoms with E-state index in [9.17, 15) is 4.79 Å². The average molecular weight is 353 g/mol. The van der Waals surface area contributed by atoms with Gasteiger partial charge in [0.25, 0.3) is 0 Å². The molecule has 6 heteroatoms. The number of nitrogens with zero attached hydrogens (tertiary/aromatic N) is 4. The number of piperazine rings is 1. The lowest BCUT2D eigenvalue weighted by molar-refractivity contribution is -0.139. The minimum Gasteiger partial charge on any atom is -0.340 e. The molecule has 0 spiro atoms. The Kier molecular flexibility index (Phi) is 5.11. The fourth-order valence-electron chi connectivity index (χ4n) is 3.01. The standard InChI is InChI=1S/C20H27N5O/c1-15-14-17(22-16-8-6-5-7-9-16)23-19(21-15)25-12-10-24(11-13-25)18(26)20(2,3)4/h5-9,14H,10-13H2,1-4H3,(H,21,22,23). The van der Waals surface area contributed by atoms with E-state index in [0.717, 1.165) is 30.3 Å². The van der Waals surface area contributed by atoms with Gasteiger partial charge < -0.3 is 15.1 Å². The van der Waals surface area contributed by atoms with Crippen molar-refractivity contribution in [3.8, 4) is 0 Å². The van der Waals surface area contributed by atoms with E-state index in [1.165, 1.54) is 0 Å². The number of carbonyl (C=O) groups is 1. The lowest BCUT2D eigenvalue weighted by Crippen LogP contribution is -2.52. The van der Waals surface area contributed by atoms with Gasteiger partial charge >= 0.3 is 0 Å². The van der Waals surface area contributed by atoms with Gasteiger partial charge in [-0.1, -0.05) is 39.0 Å². The molecule has 1 aliphatic heterocycles. The Morgan fingerprint density at radius 2 is 1.69 bits per heavy atom. The van der Waals surface area contributed by atoms with E-state index < -0.39 is 0 Å². The maximum atomic E-state index is 12.4. The van der Waals surface area contributed by atoms with E-state index in [1.54, 1.807) is 0 Å². The molecule has 1 saturated heterocycles. The van der Waals surface area contributed by atoms with Crippen LogP contribution in [0.5, 0.6) is 0 Å². The van der Waals surface area contributed by atoms with E-state index in [4.69, 9.17) is 0 Å². The van der Waals surface area contributed by atoms with Crippen LogP contribution >= 0.6 is 0 Å². The Balaban J connectivity index is 1.70. The summed E-state index contributed by atoms with van der Waals surface area (Å²) in [5, 5.41) is 3.33. The fraction of sp³-hybridized carbons (Fsp3) is 0.450. The summed E-state index contributed by atoms with van der Waals surface area (Å²) in [6.45, 7) is 10.8. The second-order valence-electron chi connectivity index (χ2n) is 7.71.